The van der Waals surface area contributed by atoms with Crippen LogP contribution < -0.4 is 4.90 Å². The van der Waals surface area contributed by atoms with Crippen LogP contribution in [0.4, 0.5) is 5.82 Å². The molecule has 1 N–H and O–H groups in total. The number of carboxylic acids is 1. The molecule has 0 bridgehead atoms. The summed E-state index contributed by atoms with van der Waals surface area (Å²) >= 11 is 0. The molecule has 1 aliphatic rings. The highest BCUT2D eigenvalue weighted by Gasteiger charge is 2.32. The smallest absolute Gasteiger partial charge is 0.326 e. The van der Waals surface area contributed by atoms with Crippen LogP contribution in [0.2, 0.25) is 0 Å². The Labute approximate surface area is 115 Å². The normalized spacial score (nSPS) is 18.6. The highest BCUT2D eigenvalue weighted by molar-refractivity contribution is 5.89. The SMILES string of the molecule is Cl.Cn1ncc2c(N3CCCC3C(=O)O)ncnc21. The molecule has 0 aromatic carbocycles. The summed E-state index contributed by atoms with van der Waals surface area (Å²) in [5.41, 5.74) is 0.719. The maximum Gasteiger partial charge on any atom is 0.326 e. The van der Waals surface area contributed by atoms with Crippen LogP contribution in [-0.4, -0.2) is 43.4 Å². The number of hydrogen-bond donors (Lipinski definition) is 1. The third-order valence-corrected chi connectivity index (χ3v) is 3.32. The zero-order valence-electron chi connectivity index (χ0n) is 10.4. The molecule has 0 amide bonds. The summed E-state index contributed by atoms with van der Waals surface area (Å²) in [6.45, 7) is 0.706. The van der Waals surface area contributed by atoms with Gasteiger partial charge in [-0.2, -0.15) is 5.10 Å². The van der Waals surface area contributed by atoms with Gasteiger partial charge in [0.2, 0.25) is 0 Å². The van der Waals surface area contributed by atoms with Crippen molar-refractivity contribution < 1.29 is 9.90 Å². The molecule has 1 fully saturated rings. The minimum atomic E-state index is -0.803. The van der Waals surface area contributed by atoms with E-state index in [0.717, 1.165) is 17.5 Å². The fourth-order valence-corrected chi connectivity index (χ4v) is 2.46. The van der Waals surface area contributed by atoms with Gasteiger partial charge in [-0.05, 0) is 12.8 Å². The maximum absolute atomic E-state index is 11.2. The molecule has 2 aromatic heterocycles. The van der Waals surface area contributed by atoms with Gasteiger partial charge in [0.05, 0.1) is 11.6 Å². The van der Waals surface area contributed by atoms with Crippen molar-refractivity contribution >= 4 is 35.2 Å². The fourth-order valence-electron chi connectivity index (χ4n) is 2.46. The van der Waals surface area contributed by atoms with Crippen molar-refractivity contribution in [3.05, 3.63) is 12.5 Å². The molecule has 0 radical (unpaired) electrons. The van der Waals surface area contributed by atoms with Crippen LogP contribution in [0, 0.1) is 0 Å². The molecule has 0 aliphatic carbocycles. The summed E-state index contributed by atoms with van der Waals surface area (Å²) in [5.74, 6) is -0.138. The molecule has 3 rings (SSSR count). The van der Waals surface area contributed by atoms with Crippen LogP contribution in [0.15, 0.2) is 12.5 Å². The molecule has 0 spiro atoms. The first kappa shape index (κ1) is 13.5. The van der Waals surface area contributed by atoms with Gasteiger partial charge in [0, 0.05) is 13.6 Å². The van der Waals surface area contributed by atoms with Crippen LogP contribution >= 0.6 is 12.4 Å². The van der Waals surface area contributed by atoms with Gasteiger partial charge in [0.1, 0.15) is 18.2 Å². The lowest BCUT2D eigenvalue weighted by atomic mass is 10.2. The van der Waals surface area contributed by atoms with Gasteiger partial charge < -0.3 is 10.0 Å². The van der Waals surface area contributed by atoms with Crippen molar-refractivity contribution in [3.63, 3.8) is 0 Å². The van der Waals surface area contributed by atoms with Crippen LogP contribution in [0.1, 0.15) is 12.8 Å². The number of carbonyl (C=O) groups is 1. The van der Waals surface area contributed by atoms with E-state index in [1.165, 1.54) is 6.33 Å². The van der Waals surface area contributed by atoms with Crippen LogP contribution in [-0.2, 0) is 11.8 Å². The van der Waals surface area contributed by atoms with E-state index in [1.54, 1.807) is 17.9 Å². The zero-order valence-corrected chi connectivity index (χ0v) is 11.2. The summed E-state index contributed by atoms with van der Waals surface area (Å²) in [4.78, 5) is 21.4. The highest BCUT2D eigenvalue weighted by Crippen LogP contribution is 2.29. The number of anilines is 1. The summed E-state index contributed by atoms with van der Waals surface area (Å²) in [6.07, 6.45) is 4.66. The van der Waals surface area contributed by atoms with E-state index in [-0.39, 0.29) is 12.4 Å². The number of carboxylic acid groups (broad SMARTS) is 1. The Morgan fingerprint density at radius 1 is 1.47 bits per heavy atom. The lowest BCUT2D eigenvalue weighted by Gasteiger charge is -2.22. The van der Waals surface area contributed by atoms with Gasteiger partial charge in [0.25, 0.3) is 0 Å². The third kappa shape index (κ3) is 2.10. The van der Waals surface area contributed by atoms with E-state index >= 15 is 0 Å². The van der Waals surface area contributed by atoms with Crippen molar-refractivity contribution in [2.45, 2.75) is 18.9 Å². The van der Waals surface area contributed by atoms with Crippen LogP contribution in [0.5, 0.6) is 0 Å². The van der Waals surface area contributed by atoms with Gasteiger partial charge in [-0.3, -0.25) is 4.68 Å². The Hall–Kier alpha value is -1.89. The molecule has 0 saturated carbocycles. The van der Waals surface area contributed by atoms with Crippen molar-refractivity contribution in [3.8, 4) is 0 Å². The van der Waals surface area contributed by atoms with Crippen LogP contribution in [0.25, 0.3) is 11.0 Å². The standard InChI is InChI=1S/C11H13N5O2.ClH/c1-15-9-7(5-14-15)10(13-6-12-9)16-4-2-3-8(16)11(17)18;/h5-6,8H,2-4H2,1H3,(H,17,18);1H. The quantitative estimate of drug-likeness (QED) is 0.879. The number of hydrogen-bond acceptors (Lipinski definition) is 5. The molecule has 2 aromatic rings. The van der Waals surface area contributed by atoms with Gasteiger partial charge in [-0.15, -0.1) is 12.4 Å². The Kier molecular flexibility index (Phi) is 3.57. The van der Waals surface area contributed by atoms with E-state index in [9.17, 15) is 9.90 Å². The summed E-state index contributed by atoms with van der Waals surface area (Å²) < 4.78 is 1.66. The number of aryl methyl sites for hydroxylation is 1. The van der Waals surface area contributed by atoms with Gasteiger partial charge in [-0.1, -0.05) is 0 Å². The number of halogens is 1. The van der Waals surface area contributed by atoms with E-state index in [4.69, 9.17) is 0 Å². The minimum absolute atomic E-state index is 0. The van der Waals surface area contributed by atoms with Crippen molar-refractivity contribution in [1.82, 2.24) is 19.7 Å². The first-order chi connectivity index (χ1) is 8.68. The molecule has 7 nitrogen and oxygen atoms in total. The Balaban J connectivity index is 0.00000133. The number of nitrogens with zero attached hydrogens (tertiary/aromatic N) is 5. The van der Waals surface area contributed by atoms with Gasteiger partial charge >= 0.3 is 5.97 Å². The lowest BCUT2D eigenvalue weighted by molar-refractivity contribution is -0.138. The second kappa shape index (κ2) is 5.00. The topological polar surface area (TPSA) is 84.1 Å². The molecule has 19 heavy (non-hydrogen) atoms. The summed E-state index contributed by atoms with van der Waals surface area (Å²) in [7, 11) is 1.80. The fraction of sp³-hybridized carbons (Fsp3) is 0.455. The minimum Gasteiger partial charge on any atom is -0.480 e. The maximum atomic E-state index is 11.2. The average Bonchev–Trinajstić information content (AvgIpc) is 2.96. The Morgan fingerprint density at radius 3 is 3.00 bits per heavy atom. The summed E-state index contributed by atoms with van der Waals surface area (Å²) in [5, 5.41) is 14.2. The van der Waals surface area contributed by atoms with Crippen LogP contribution in [0.3, 0.4) is 0 Å². The molecular formula is C11H14ClN5O2. The highest BCUT2D eigenvalue weighted by atomic mass is 35.5. The lowest BCUT2D eigenvalue weighted by Crippen LogP contribution is -2.36. The molecule has 1 atom stereocenters. The molecule has 1 saturated heterocycles. The molecule has 3 heterocycles. The first-order valence-electron chi connectivity index (χ1n) is 5.80. The van der Waals surface area contributed by atoms with E-state index in [2.05, 4.69) is 15.1 Å². The molecular weight excluding hydrogens is 270 g/mol. The Morgan fingerprint density at radius 2 is 2.26 bits per heavy atom. The molecule has 1 aliphatic heterocycles. The second-order valence-electron chi connectivity index (χ2n) is 4.39. The Bertz CT molecular complexity index is 614. The summed E-state index contributed by atoms with van der Waals surface area (Å²) in [6, 6.07) is -0.497. The van der Waals surface area contributed by atoms with Crippen molar-refractivity contribution in [1.29, 1.82) is 0 Å². The molecule has 102 valence electrons. The van der Waals surface area contributed by atoms with Gasteiger partial charge in [0.15, 0.2) is 5.65 Å². The van der Waals surface area contributed by atoms with E-state index in [0.29, 0.717) is 18.8 Å². The second-order valence-corrected chi connectivity index (χ2v) is 4.39. The largest absolute Gasteiger partial charge is 0.480 e. The zero-order chi connectivity index (χ0) is 12.7. The molecule has 8 heteroatoms. The molecule has 1 unspecified atom stereocenters. The number of rotatable bonds is 2. The average molecular weight is 284 g/mol. The van der Waals surface area contributed by atoms with E-state index < -0.39 is 12.0 Å². The monoisotopic (exact) mass is 283 g/mol. The third-order valence-electron chi connectivity index (χ3n) is 3.32. The number of aromatic nitrogens is 4. The van der Waals surface area contributed by atoms with Crippen molar-refractivity contribution in [2.24, 2.45) is 7.05 Å². The van der Waals surface area contributed by atoms with E-state index in [1.807, 2.05) is 4.90 Å². The number of fused-ring (bicyclic) bond motifs is 1. The predicted octanol–water partition coefficient (Wildman–Crippen LogP) is 0.839. The first-order valence-corrected chi connectivity index (χ1v) is 5.80. The van der Waals surface area contributed by atoms with Crippen molar-refractivity contribution in [2.75, 3.05) is 11.4 Å². The van der Waals surface area contributed by atoms with Gasteiger partial charge in [-0.25, -0.2) is 14.8 Å². The predicted molar refractivity (Wildman–Crippen MR) is 71.6 cm³/mol. The number of aliphatic carboxylic acids is 1.